The van der Waals surface area contributed by atoms with Gasteiger partial charge in [0.05, 0.1) is 6.54 Å². The first-order chi connectivity index (χ1) is 14.9. The number of aliphatic hydroxyl groups is 1. The fraction of sp³-hybridized carbons (Fsp3) is 0.500. The third-order valence-corrected chi connectivity index (χ3v) is 6.37. The standard InChI is InChI=1S/C22H24F3N3O4/c1-12-10-27(11-16-17(12)19(26-32-16)21(3,31)22(23,24)25)20(30)18-15-7-5-4-6-14(15)8-9-28(18)13(2)29/h4-7,12,18,31H,8-11H2,1-3H3/t12-,18-,21+/m0/s1. The number of carbonyl (C=O) groups is 2. The molecule has 0 fully saturated rings. The molecule has 0 unspecified atom stereocenters. The van der Waals surface area contributed by atoms with Crippen molar-refractivity contribution < 1.29 is 32.4 Å². The highest BCUT2D eigenvalue weighted by Crippen LogP contribution is 2.44. The molecule has 2 aliphatic heterocycles. The molecule has 0 bridgehead atoms. The summed E-state index contributed by atoms with van der Waals surface area (Å²) in [5.74, 6) is -1.00. The summed E-state index contributed by atoms with van der Waals surface area (Å²) in [6.45, 7) is 4.12. The normalized spacial score (nSPS) is 22.7. The van der Waals surface area contributed by atoms with E-state index in [4.69, 9.17) is 4.52 Å². The lowest BCUT2D eigenvalue weighted by Gasteiger charge is -2.40. The lowest BCUT2D eigenvalue weighted by molar-refractivity contribution is -0.261. The van der Waals surface area contributed by atoms with Crippen LogP contribution in [0.3, 0.4) is 0 Å². The van der Waals surface area contributed by atoms with Gasteiger partial charge in [-0.15, -0.1) is 0 Å². The minimum Gasteiger partial charge on any atom is -0.375 e. The van der Waals surface area contributed by atoms with Crippen LogP contribution in [-0.2, 0) is 28.2 Å². The van der Waals surface area contributed by atoms with E-state index in [1.54, 1.807) is 6.92 Å². The highest BCUT2D eigenvalue weighted by Gasteiger charge is 2.55. The maximum Gasteiger partial charge on any atom is 0.422 e. The molecule has 2 aromatic rings. The zero-order valence-electron chi connectivity index (χ0n) is 17.9. The summed E-state index contributed by atoms with van der Waals surface area (Å²) in [5.41, 5.74) is -1.84. The molecular formula is C22H24F3N3O4. The van der Waals surface area contributed by atoms with Crippen LogP contribution >= 0.6 is 0 Å². The second kappa shape index (κ2) is 7.61. The van der Waals surface area contributed by atoms with Gasteiger partial charge in [-0.3, -0.25) is 9.59 Å². The monoisotopic (exact) mass is 451 g/mol. The second-order valence-corrected chi connectivity index (χ2v) is 8.62. The number of hydrogen-bond acceptors (Lipinski definition) is 5. The van der Waals surface area contributed by atoms with E-state index in [0.29, 0.717) is 19.9 Å². The van der Waals surface area contributed by atoms with Crippen molar-refractivity contribution in [3.8, 4) is 0 Å². The van der Waals surface area contributed by atoms with E-state index in [9.17, 15) is 27.9 Å². The largest absolute Gasteiger partial charge is 0.422 e. The van der Waals surface area contributed by atoms with Gasteiger partial charge in [0.2, 0.25) is 17.4 Å². The first-order valence-corrected chi connectivity index (χ1v) is 10.3. The van der Waals surface area contributed by atoms with Gasteiger partial charge in [0.25, 0.3) is 0 Å². The number of carbonyl (C=O) groups excluding carboxylic acids is 2. The van der Waals surface area contributed by atoms with Gasteiger partial charge in [-0.25, -0.2) is 0 Å². The van der Waals surface area contributed by atoms with Crippen LogP contribution < -0.4 is 0 Å². The van der Waals surface area contributed by atoms with Crippen LogP contribution in [0.25, 0.3) is 0 Å². The Kier molecular flexibility index (Phi) is 5.31. The smallest absolute Gasteiger partial charge is 0.375 e. The summed E-state index contributed by atoms with van der Waals surface area (Å²) in [6, 6.07) is 6.61. The molecule has 7 nitrogen and oxygen atoms in total. The zero-order valence-corrected chi connectivity index (χ0v) is 17.9. The van der Waals surface area contributed by atoms with Gasteiger partial charge >= 0.3 is 6.18 Å². The van der Waals surface area contributed by atoms with Crippen LogP contribution in [0.1, 0.15) is 60.9 Å². The Balaban J connectivity index is 1.68. The quantitative estimate of drug-likeness (QED) is 0.759. The summed E-state index contributed by atoms with van der Waals surface area (Å²) >= 11 is 0. The van der Waals surface area contributed by atoms with E-state index in [1.165, 1.54) is 16.7 Å². The van der Waals surface area contributed by atoms with Gasteiger partial charge in [-0.05, 0) is 24.5 Å². The number of benzene rings is 1. The Morgan fingerprint density at radius 3 is 2.59 bits per heavy atom. The van der Waals surface area contributed by atoms with Crippen LogP contribution in [0.5, 0.6) is 0 Å². The minimum absolute atomic E-state index is 0.0934. The summed E-state index contributed by atoms with van der Waals surface area (Å²) in [5, 5.41) is 13.6. The molecule has 2 amide bonds. The van der Waals surface area contributed by atoms with Crippen LogP contribution in [0, 0.1) is 0 Å². The lowest BCUT2D eigenvalue weighted by Crippen LogP contribution is -2.49. The average Bonchev–Trinajstić information content (AvgIpc) is 3.17. The third kappa shape index (κ3) is 3.46. The zero-order chi connectivity index (χ0) is 23.4. The highest BCUT2D eigenvalue weighted by molar-refractivity contribution is 5.89. The summed E-state index contributed by atoms with van der Waals surface area (Å²) in [7, 11) is 0. The number of amides is 2. The Labute approximate surface area is 182 Å². The number of fused-ring (bicyclic) bond motifs is 2. The van der Waals surface area contributed by atoms with Crippen molar-refractivity contribution in [1.82, 2.24) is 15.0 Å². The van der Waals surface area contributed by atoms with E-state index in [1.807, 2.05) is 24.3 Å². The van der Waals surface area contributed by atoms with E-state index in [2.05, 4.69) is 5.16 Å². The lowest BCUT2D eigenvalue weighted by atomic mass is 9.86. The molecule has 1 aromatic heterocycles. The highest BCUT2D eigenvalue weighted by atomic mass is 19.4. The van der Waals surface area contributed by atoms with Gasteiger partial charge in [0.1, 0.15) is 11.7 Å². The predicted octanol–water partition coefficient (Wildman–Crippen LogP) is 3.04. The molecule has 0 spiro atoms. The number of halogens is 3. The first-order valence-electron chi connectivity index (χ1n) is 10.3. The van der Waals surface area contributed by atoms with Gasteiger partial charge in [0.15, 0.2) is 5.76 Å². The number of rotatable bonds is 2. The molecule has 0 saturated heterocycles. The van der Waals surface area contributed by atoms with Crippen molar-refractivity contribution in [3.63, 3.8) is 0 Å². The van der Waals surface area contributed by atoms with Gasteiger partial charge < -0.3 is 19.4 Å². The molecule has 0 radical (unpaired) electrons. The molecule has 1 aromatic carbocycles. The van der Waals surface area contributed by atoms with E-state index < -0.39 is 29.4 Å². The van der Waals surface area contributed by atoms with Gasteiger partial charge in [0, 0.05) is 31.5 Å². The molecule has 2 aliphatic rings. The molecule has 10 heteroatoms. The minimum atomic E-state index is -4.93. The molecule has 32 heavy (non-hydrogen) atoms. The molecular weight excluding hydrogens is 427 g/mol. The Hall–Kier alpha value is -2.88. The van der Waals surface area contributed by atoms with Crippen molar-refractivity contribution in [1.29, 1.82) is 0 Å². The molecule has 0 saturated carbocycles. The molecule has 3 heterocycles. The number of aromatic nitrogens is 1. The average molecular weight is 451 g/mol. The number of nitrogens with zero attached hydrogens (tertiary/aromatic N) is 3. The summed E-state index contributed by atoms with van der Waals surface area (Å²) in [4.78, 5) is 28.9. The number of hydrogen-bond donors (Lipinski definition) is 1. The van der Waals surface area contributed by atoms with Crippen LogP contribution in [-0.4, -0.2) is 51.1 Å². The third-order valence-electron chi connectivity index (χ3n) is 6.37. The van der Waals surface area contributed by atoms with E-state index >= 15 is 0 Å². The summed E-state index contributed by atoms with van der Waals surface area (Å²) < 4.78 is 45.3. The van der Waals surface area contributed by atoms with Gasteiger partial charge in [-0.1, -0.05) is 36.3 Å². The fourth-order valence-corrected chi connectivity index (χ4v) is 4.61. The Morgan fingerprint density at radius 1 is 1.25 bits per heavy atom. The van der Waals surface area contributed by atoms with Gasteiger partial charge in [-0.2, -0.15) is 13.2 Å². The van der Waals surface area contributed by atoms with Crippen LogP contribution in [0.15, 0.2) is 28.8 Å². The molecule has 172 valence electrons. The van der Waals surface area contributed by atoms with Crippen molar-refractivity contribution >= 4 is 11.8 Å². The molecule has 3 atom stereocenters. The number of alkyl halides is 3. The van der Waals surface area contributed by atoms with Crippen molar-refractivity contribution in [2.24, 2.45) is 0 Å². The SMILES string of the molecule is CC(=O)N1CCc2ccccc2[C@H]1C(=O)N1Cc2onc([C@@](C)(O)C(F)(F)F)c2[C@@H](C)C1. The van der Waals surface area contributed by atoms with E-state index in [-0.39, 0.29) is 36.2 Å². The topological polar surface area (TPSA) is 86.9 Å². The fourth-order valence-electron chi connectivity index (χ4n) is 4.61. The van der Waals surface area contributed by atoms with E-state index in [0.717, 1.165) is 11.1 Å². The Morgan fingerprint density at radius 2 is 1.94 bits per heavy atom. The molecule has 1 N–H and O–H groups in total. The first kappa shape index (κ1) is 22.3. The maximum atomic E-state index is 13.6. The maximum absolute atomic E-state index is 13.6. The van der Waals surface area contributed by atoms with Crippen LogP contribution in [0.2, 0.25) is 0 Å². The Bertz CT molecular complexity index is 1060. The van der Waals surface area contributed by atoms with Crippen molar-refractivity contribution in [2.75, 3.05) is 13.1 Å². The van der Waals surface area contributed by atoms with Crippen molar-refractivity contribution in [3.05, 3.63) is 52.4 Å². The van der Waals surface area contributed by atoms with Crippen molar-refractivity contribution in [2.45, 2.75) is 57.5 Å². The molecule has 4 rings (SSSR count). The second-order valence-electron chi connectivity index (χ2n) is 8.62. The predicted molar refractivity (Wildman–Crippen MR) is 106 cm³/mol. The summed E-state index contributed by atoms with van der Waals surface area (Å²) in [6.07, 6.45) is -4.30. The van der Waals surface area contributed by atoms with Crippen LogP contribution in [0.4, 0.5) is 13.2 Å². The molecule has 0 aliphatic carbocycles.